The van der Waals surface area contributed by atoms with Crippen LogP contribution >= 0.6 is 11.3 Å². The predicted octanol–water partition coefficient (Wildman–Crippen LogP) is 6.61. The van der Waals surface area contributed by atoms with Gasteiger partial charge in [0.15, 0.2) is 17.2 Å². The molecule has 0 aliphatic carbocycles. The molecule has 0 fully saturated rings. The van der Waals surface area contributed by atoms with E-state index in [1.165, 1.54) is 22.6 Å². The van der Waals surface area contributed by atoms with Gasteiger partial charge in [0.1, 0.15) is 5.69 Å². The molecule has 6 rings (SSSR count). The molecule has 0 bridgehead atoms. The van der Waals surface area contributed by atoms with Gasteiger partial charge in [-0.2, -0.15) is 42.0 Å². The van der Waals surface area contributed by atoms with E-state index in [2.05, 4.69) is 21.2 Å². The van der Waals surface area contributed by atoms with Crippen molar-refractivity contribution in [1.82, 2.24) is 15.3 Å². The Kier molecular flexibility index (Phi) is 11.0. The summed E-state index contributed by atoms with van der Waals surface area (Å²) in [6.45, 7) is 0.321. The van der Waals surface area contributed by atoms with Crippen molar-refractivity contribution < 1.29 is 31.1 Å². The van der Waals surface area contributed by atoms with Gasteiger partial charge in [-0.3, -0.25) is 9.59 Å². The average Bonchev–Trinajstić information content (AvgIpc) is 3.87. The molecule has 0 aliphatic heterocycles. The fourth-order valence-corrected chi connectivity index (χ4v) is 4.88. The molecule has 1 N–H and O–H groups in total. The monoisotopic (exact) mass is 626 g/mol. The SMILES string of the molecule is C#Cc1nc(C(=O)N(c2ccc(-c3cnco3)cc2)C(C(=O)NCc2ccccc2)c2cc[cH-]c2)cs1.[Fe+2].c1cc[cH-]c1. The summed E-state index contributed by atoms with van der Waals surface area (Å²) in [6.07, 6.45) is 8.45. The molecule has 2 heterocycles. The van der Waals surface area contributed by atoms with Gasteiger partial charge in [0.25, 0.3) is 5.91 Å². The Morgan fingerprint density at radius 1 is 1.00 bits per heavy atom. The summed E-state index contributed by atoms with van der Waals surface area (Å²) in [7, 11) is 0. The minimum absolute atomic E-state index is 0. The largest absolute Gasteiger partial charge is 2.00 e. The van der Waals surface area contributed by atoms with Crippen molar-refractivity contribution in [3.8, 4) is 23.7 Å². The predicted molar refractivity (Wildman–Crippen MR) is 164 cm³/mol. The quantitative estimate of drug-likeness (QED) is 0.117. The second-order valence-corrected chi connectivity index (χ2v) is 9.91. The molecule has 0 radical (unpaired) electrons. The first-order chi connectivity index (χ1) is 20.6. The Balaban J connectivity index is 0.000000641. The Bertz CT molecular complexity index is 1700. The summed E-state index contributed by atoms with van der Waals surface area (Å²) < 4.78 is 5.39. The maximum absolute atomic E-state index is 13.9. The Morgan fingerprint density at radius 3 is 2.35 bits per heavy atom. The van der Waals surface area contributed by atoms with Gasteiger partial charge in [-0.05, 0) is 35.7 Å². The van der Waals surface area contributed by atoms with E-state index in [1.54, 1.807) is 23.7 Å². The van der Waals surface area contributed by atoms with Gasteiger partial charge in [0.05, 0.1) is 12.2 Å². The van der Waals surface area contributed by atoms with Crippen LogP contribution in [0.15, 0.2) is 132 Å². The average molecular weight is 627 g/mol. The number of oxazole rings is 1. The molecular formula is C34H26FeN4O3S. The zero-order valence-electron chi connectivity index (χ0n) is 22.8. The number of nitrogens with zero attached hydrogens (tertiary/aromatic N) is 3. The number of rotatable bonds is 8. The number of terminal acetylenes is 1. The molecule has 0 saturated heterocycles. The molecule has 7 nitrogen and oxygen atoms in total. The molecule has 0 spiro atoms. The van der Waals surface area contributed by atoms with Crippen molar-refractivity contribution in [2.24, 2.45) is 0 Å². The Labute approximate surface area is 264 Å². The number of hydrogen-bond donors (Lipinski definition) is 1. The second-order valence-electron chi connectivity index (χ2n) is 9.06. The van der Waals surface area contributed by atoms with Crippen LogP contribution in [0, 0.1) is 12.3 Å². The summed E-state index contributed by atoms with van der Waals surface area (Å²) in [5.41, 5.74) is 3.10. The molecule has 0 aliphatic rings. The molecule has 1 atom stereocenters. The van der Waals surface area contributed by atoms with Crippen LogP contribution in [-0.2, 0) is 28.4 Å². The fourth-order valence-electron chi connectivity index (χ4n) is 4.28. The zero-order valence-corrected chi connectivity index (χ0v) is 24.7. The van der Waals surface area contributed by atoms with Crippen LogP contribution in [-0.4, -0.2) is 21.8 Å². The Morgan fingerprint density at radius 2 is 1.77 bits per heavy atom. The van der Waals surface area contributed by atoms with E-state index in [0.717, 1.165) is 11.1 Å². The number of anilines is 1. The van der Waals surface area contributed by atoms with Gasteiger partial charge in [-0.1, -0.05) is 30.3 Å². The smallest absolute Gasteiger partial charge is 0.444 e. The van der Waals surface area contributed by atoms with Crippen LogP contribution in [0.1, 0.15) is 32.7 Å². The van der Waals surface area contributed by atoms with Crippen molar-refractivity contribution in [3.63, 3.8) is 0 Å². The summed E-state index contributed by atoms with van der Waals surface area (Å²) in [5, 5.41) is 4.99. The third-order valence-corrected chi connectivity index (χ3v) is 7.08. The minimum Gasteiger partial charge on any atom is -0.444 e. The van der Waals surface area contributed by atoms with Crippen molar-refractivity contribution >= 4 is 28.8 Å². The van der Waals surface area contributed by atoms with Crippen LogP contribution in [0.2, 0.25) is 0 Å². The molecule has 43 heavy (non-hydrogen) atoms. The van der Waals surface area contributed by atoms with Gasteiger partial charge < -0.3 is 14.6 Å². The Hall–Kier alpha value is -5.00. The standard InChI is InChI=1S/C29H21N4O3S.C5H5.Fe/c1-2-26-32-24(18-37-26)29(35)33(23-14-12-21(13-15-23)25-17-30-19-36-25)27(22-10-6-7-11-22)28(34)31-16-20-8-4-3-5-9-20;1-2-4-5-3-1;/h1,3-15,17-19,27H,16H2,(H,31,34);1-5H;/q2*-1;+2. The van der Waals surface area contributed by atoms with Crippen LogP contribution in [0.3, 0.4) is 0 Å². The molecule has 1 unspecified atom stereocenters. The van der Waals surface area contributed by atoms with Crippen LogP contribution in [0.5, 0.6) is 0 Å². The van der Waals surface area contributed by atoms with Crippen molar-refractivity contribution in [2.45, 2.75) is 12.6 Å². The van der Waals surface area contributed by atoms with Crippen molar-refractivity contribution in [2.75, 3.05) is 4.90 Å². The summed E-state index contributed by atoms with van der Waals surface area (Å²) in [4.78, 5) is 37.3. The number of amides is 2. The second kappa shape index (κ2) is 15.3. The normalized spacial score (nSPS) is 10.8. The summed E-state index contributed by atoms with van der Waals surface area (Å²) in [5.74, 6) is 2.29. The van der Waals surface area contributed by atoms with Gasteiger partial charge in [-0.15, -0.1) is 17.8 Å². The van der Waals surface area contributed by atoms with E-state index in [1.807, 2.05) is 97.1 Å². The van der Waals surface area contributed by atoms with Gasteiger partial charge >= 0.3 is 17.1 Å². The third-order valence-electron chi connectivity index (χ3n) is 6.30. The number of hydrogen-bond acceptors (Lipinski definition) is 6. The molecule has 214 valence electrons. The fraction of sp³-hybridized carbons (Fsp3) is 0.0588. The number of thiazole rings is 1. The van der Waals surface area contributed by atoms with Gasteiger partial charge in [-0.25, -0.2) is 28.2 Å². The maximum atomic E-state index is 13.9. The van der Waals surface area contributed by atoms with Crippen molar-refractivity contribution in [3.05, 3.63) is 149 Å². The number of benzene rings is 2. The first-order valence-electron chi connectivity index (χ1n) is 13.1. The first-order valence-corrected chi connectivity index (χ1v) is 14.0. The van der Waals surface area contributed by atoms with E-state index in [0.29, 0.717) is 28.6 Å². The van der Waals surface area contributed by atoms with E-state index < -0.39 is 11.9 Å². The molecule has 9 heteroatoms. The number of nitrogens with one attached hydrogen (secondary N) is 1. The number of carbonyl (C=O) groups is 2. The topological polar surface area (TPSA) is 88.3 Å². The van der Waals surface area contributed by atoms with Crippen LogP contribution in [0.25, 0.3) is 11.3 Å². The molecule has 2 amide bonds. The summed E-state index contributed by atoms with van der Waals surface area (Å²) in [6, 6.07) is 33.1. The van der Waals surface area contributed by atoms with Crippen molar-refractivity contribution in [1.29, 1.82) is 0 Å². The van der Waals surface area contributed by atoms with Crippen LogP contribution in [0.4, 0.5) is 5.69 Å². The molecule has 2 aromatic heterocycles. The first kappa shape index (κ1) is 30.9. The molecule has 6 aromatic rings. The van der Waals surface area contributed by atoms with E-state index in [-0.39, 0.29) is 28.7 Å². The number of aromatic nitrogens is 2. The number of carbonyl (C=O) groups excluding carboxylic acids is 2. The molecular weight excluding hydrogens is 600 g/mol. The maximum Gasteiger partial charge on any atom is 2.00 e. The van der Waals surface area contributed by atoms with E-state index in [9.17, 15) is 9.59 Å². The third kappa shape index (κ3) is 7.85. The van der Waals surface area contributed by atoms with Gasteiger partial charge in [0, 0.05) is 23.2 Å². The minimum atomic E-state index is -0.946. The zero-order chi connectivity index (χ0) is 29.1. The van der Waals surface area contributed by atoms with Crippen LogP contribution < -0.4 is 10.2 Å². The summed E-state index contributed by atoms with van der Waals surface area (Å²) >= 11 is 1.20. The van der Waals surface area contributed by atoms with Gasteiger partial charge in [0.2, 0.25) is 5.91 Å². The van der Waals surface area contributed by atoms with E-state index in [4.69, 9.17) is 10.8 Å². The van der Waals surface area contributed by atoms with E-state index >= 15 is 0 Å². The molecule has 4 aromatic carbocycles. The molecule has 0 saturated carbocycles.